The van der Waals surface area contributed by atoms with Gasteiger partial charge in [0.2, 0.25) is 5.88 Å². The van der Waals surface area contributed by atoms with Gasteiger partial charge in [-0.1, -0.05) is 18.9 Å². The predicted octanol–water partition coefficient (Wildman–Crippen LogP) is 2.71. The van der Waals surface area contributed by atoms with Crippen LogP contribution in [0.2, 0.25) is 0 Å². The summed E-state index contributed by atoms with van der Waals surface area (Å²) in [5.74, 6) is 2.48. The van der Waals surface area contributed by atoms with Crippen LogP contribution in [0.15, 0.2) is 24.4 Å². The topological polar surface area (TPSA) is 73.9 Å². The molecule has 1 aliphatic rings. The summed E-state index contributed by atoms with van der Waals surface area (Å²) in [4.78, 5) is 13.3. The highest BCUT2D eigenvalue weighted by molar-refractivity contribution is 5.33. The average molecular weight is 284 g/mol. The molecule has 2 N–H and O–H groups in total. The summed E-state index contributed by atoms with van der Waals surface area (Å²) < 4.78 is 5.06. The number of nitrogens with zero attached hydrogens (tertiary/aromatic N) is 3. The van der Waals surface area contributed by atoms with Crippen molar-refractivity contribution in [2.45, 2.75) is 38.0 Å². The van der Waals surface area contributed by atoms with Gasteiger partial charge in [0.15, 0.2) is 0 Å². The van der Waals surface area contributed by atoms with Crippen LogP contribution < -0.4 is 10.5 Å². The number of pyridine rings is 1. The molecule has 0 amide bonds. The van der Waals surface area contributed by atoms with Crippen molar-refractivity contribution >= 4 is 5.82 Å². The maximum atomic E-state index is 5.94. The van der Waals surface area contributed by atoms with Crippen LogP contribution in [0, 0.1) is 0 Å². The molecule has 5 nitrogen and oxygen atoms in total. The molecule has 0 saturated heterocycles. The normalized spacial score (nSPS) is 15.3. The minimum atomic E-state index is 0.544. The Labute approximate surface area is 124 Å². The predicted molar refractivity (Wildman–Crippen MR) is 81.2 cm³/mol. The third-order valence-electron chi connectivity index (χ3n) is 3.95. The van der Waals surface area contributed by atoms with Crippen LogP contribution in [-0.2, 0) is 6.42 Å². The number of aromatic nitrogens is 3. The van der Waals surface area contributed by atoms with E-state index in [0.717, 1.165) is 17.1 Å². The molecule has 110 valence electrons. The first-order chi connectivity index (χ1) is 10.2. The molecular weight excluding hydrogens is 264 g/mol. The van der Waals surface area contributed by atoms with Crippen LogP contribution in [-0.4, -0.2) is 22.1 Å². The molecule has 0 unspecified atom stereocenters. The van der Waals surface area contributed by atoms with Gasteiger partial charge in [-0.25, -0.2) is 15.0 Å². The van der Waals surface area contributed by atoms with E-state index in [1.165, 1.54) is 25.7 Å². The molecule has 1 saturated carbocycles. The highest BCUT2D eigenvalue weighted by atomic mass is 16.5. The average Bonchev–Trinajstić information content (AvgIpc) is 3.02. The van der Waals surface area contributed by atoms with Crippen LogP contribution in [0.3, 0.4) is 0 Å². The van der Waals surface area contributed by atoms with Crippen molar-refractivity contribution in [2.75, 3.05) is 12.8 Å². The zero-order valence-corrected chi connectivity index (χ0v) is 12.2. The number of hydrogen-bond acceptors (Lipinski definition) is 5. The molecule has 1 fully saturated rings. The smallest absolute Gasteiger partial charge is 0.212 e. The molecule has 0 aliphatic heterocycles. The largest absolute Gasteiger partial charge is 0.481 e. The van der Waals surface area contributed by atoms with Crippen molar-refractivity contribution in [3.63, 3.8) is 0 Å². The molecule has 0 bridgehead atoms. The fraction of sp³-hybridized carbons (Fsp3) is 0.438. The highest BCUT2D eigenvalue weighted by Gasteiger charge is 2.19. The second kappa shape index (κ2) is 6.08. The van der Waals surface area contributed by atoms with E-state index in [2.05, 4.69) is 9.97 Å². The van der Waals surface area contributed by atoms with E-state index in [-0.39, 0.29) is 0 Å². The van der Waals surface area contributed by atoms with Gasteiger partial charge in [0.05, 0.1) is 7.11 Å². The van der Waals surface area contributed by atoms with Gasteiger partial charge in [0.1, 0.15) is 11.6 Å². The van der Waals surface area contributed by atoms with E-state index in [4.69, 9.17) is 15.5 Å². The number of nitrogen functional groups attached to an aromatic ring is 1. The molecule has 2 heterocycles. The second-order valence-electron chi connectivity index (χ2n) is 5.50. The molecule has 0 atom stereocenters. The Bertz CT molecular complexity index is 606. The second-order valence-corrected chi connectivity index (χ2v) is 5.50. The molecule has 3 rings (SSSR count). The van der Waals surface area contributed by atoms with Gasteiger partial charge in [-0.3, -0.25) is 0 Å². The fourth-order valence-electron chi connectivity index (χ4n) is 2.87. The lowest BCUT2D eigenvalue weighted by atomic mass is 10.0. The molecule has 0 radical (unpaired) electrons. The zero-order chi connectivity index (χ0) is 14.7. The number of hydrogen-bond donors (Lipinski definition) is 1. The Kier molecular flexibility index (Phi) is 3.99. The molecular formula is C16H20N4O. The number of anilines is 1. The van der Waals surface area contributed by atoms with Gasteiger partial charge in [0.25, 0.3) is 0 Å². The van der Waals surface area contributed by atoms with Gasteiger partial charge < -0.3 is 10.5 Å². The number of nitrogens with two attached hydrogens (primary N) is 1. The number of rotatable bonds is 4. The monoisotopic (exact) mass is 284 g/mol. The quantitative estimate of drug-likeness (QED) is 0.934. The van der Waals surface area contributed by atoms with Crippen molar-refractivity contribution in [3.05, 3.63) is 41.5 Å². The standard InChI is InChI=1S/C16H20N4O/c1-21-16-7-6-11(10-18-16)8-15-19-13(9-14(17)20-15)12-4-2-3-5-12/h6-7,9-10,12H,2-5,8H2,1H3,(H2,17,19,20). The fourth-order valence-corrected chi connectivity index (χ4v) is 2.87. The van der Waals surface area contributed by atoms with Gasteiger partial charge in [0, 0.05) is 36.4 Å². The highest BCUT2D eigenvalue weighted by Crippen LogP contribution is 2.33. The molecule has 5 heteroatoms. The van der Waals surface area contributed by atoms with Gasteiger partial charge in [-0.2, -0.15) is 0 Å². The molecule has 0 aromatic carbocycles. The lowest BCUT2D eigenvalue weighted by molar-refractivity contribution is 0.397. The van der Waals surface area contributed by atoms with Crippen LogP contribution in [0.5, 0.6) is 5.88 Å². The minimum absolute atomic E-state index is 0.544. The first-order valence-corrected chi connectivity index (χ1v) is 7.37. The molecule has 1 aliphatic carbocycles. The third kappa shape index (κ3) is 3.29. The van der Waals surface area contributed by atoms with E-state index in [1.54, 1.807) is 13.3 Å². The summed E-state index contributed by atoms with van der Waals surface area (Å²) in [6, 6.07) is 5.75. The van der Waals surface area contributed by atoms with Crippen molar-refractivity contribution in [1.29, 1.82) is 0 Å². The van der Waals surface area contributed by atoms with Gasteiger partial charge >= 0.3 is 0 Å². The Morgan fingerprint density at radius 3 is 2.71 bits per heavy atom. The molecule has 2 aromatic rings. The Hall–Kier alpha value is -2.17. The molecule has 2 aromatic heterocycles. The maximum absolute atomic E-state index is 5.94. The SMILES string of the molecule is COc1ccc(Cc2nc(N)cc(C3CCCC3)n2)cn1. The van der Waals surface area contributed by atoms with E-state index < -0.39 is 0 Å². The van der Waals surface area contributed by atoms with E-state index in [9.17, 15) is 0 Å². The molecule has 0 spiro atoms. The maximum Gasteiger partial charge on any atom is 0.212 e. The van der Waals surface area contributed by atoms with Crippen LogP contribution in [0.1, 0.15) is 48.7 Å². The van der Waals surface area contributed by atoms with E-state index >= 15 is 0 Å². The Morgan fingerprint density at radius 2 is 2.05 bits per heavy atom. The summed E-state index contributed by atoms with van der Waals surface area (Å²) in [6.07, 6.45) is 7.42. The van der Waals surface area contributed by atoms with Gasteiger partial charge in [-0.05, 0) is 18.4 Å². The van der Waals surface area contributed by atoms with Crippen molar-refractivity contribution in [1.82, 2.24) is 15.0 Å². The van der Waals surface area contributed by atoms with E-state index in [1.807, 2.05) is 18.2 Å². The summed E-state index contributed by atoms with van der Waals surface area (Å²) in [5.41, 5.74) is 8.09. The zero-order valence-electron chi connectivity index (χ0n) is 12.2. The summed E-state index contributed by atoms with van der Waals surface area (Å²) in [5, 5.41) is 0. The number of methoxy groups -OCH3 is 1. The molecule has 21 heavy (non-hydrogen) atoms. The Balaban J connectivity index is 1.80. The summed E-state index contributed by atoms with van der Waals surface area (Å²) in [6.45, 7) is 0. The van der Waals surface area contributed by atoms with Crippen LogP contribution >= 0.6 is 0 Å². The van der Waals surface area contributed by atoms with Crippen molar-refractivity contribution in [3.8, 4) is 5.88 Å². The van der Waals surface area contributed by atoms with Gasteiger partial charge in [-0.15, -0.1) is 0 Å². The summed E-state index contributed by atoms with van der Waals surface area (Å²) >= 11 is 0. The summed E-state index contributed by atoms with van der Waals surface area (Å²) in [7, 11) is 1.61. The first-order valence-electron chi connectivity index (χ1n) is 7.37. The van der Waals surface area contributed by atoms with Crippen LogP contribution in [0.4, 0.5) is 5.82 Å². The van der Waals surface area contributed by atoms with Crippen LogP contribution in [0.25, 0.3) is 0 Å². The van der Waals surface area contributed by atoms with Crippen molar-refractivity contribution in [2.24, 2.45) is 0 Å². The Morgan fingerprint density at radius 1 is 1.24 bits per heavy atom. The first kappa shape index (κ1) is 13.8. The lowest BCUT2D eigenvalue weighted by Gasteiger charge is -2.11. The number of ether oxygens (including phenoxy) is 1. The van der Waals surface area contributed by atoms with E-state index in [0.29, 0.717) is 24.0 Å². The van der Waals surface area contributed by atoms with Crippen molar-refractivity contribution < 1.29 is 4.74 Å². The third-order valence-corrected chi connectivity index (χ3v) is 3.95. The minimum Gasteiger partial charge on any atom is -0.481 e. The lowest BCUT2D eigenvalue weighted by Crippen LogP contribution is -2.06.